The second-order valence-electron chi connectivity index (χ2n) is 15.8. The molecule has 0 aliphatic rings. The van der Waals surface area contributed by atoms with Crippen molar-refractivity contribution >= 4 is 64.0 Å². The van der Waals surface area contributed by atoms with Gasteiger partial charge in [0.2, 0.25) is 0 Å². The lowest BCUT2D eigenvalue weighted by Gasteiger charge is -2.15. The molecule has 0 amide bonds. The van der Waals surface area contributed by atoms with Crippen LogP contribution in [0, 0.1) is 0 Å². The van der Waals surface area contributed by atoms with Crippen molar-refractivity contribution in [3.8, 4) is 66.8 Å². The van der Waals surface area contributed by atoms with Crippen LogP contribution in [0.3, 0.4) is 0 Å². The molecule has 0 unspecified atom stereocenters. The number of nitrogens with zero attached hydrogens (tertiary/aromatic N) is 2. The Morgan fingerprint density at radius 1 is 0.279 bits per heavy atom. The molecule has 0 bridgehead atoms. The number of aromatic nitrogens is 2. The van der Waals surface area contributed by atoms with Crippen LogP contribution in [0.2, 0.25) is 0 Å². The van der Waals surface area contributed by atoms with Crippen molar-refractivity contribution < 1.29 is 0 Å². The van der Waals surface area contributed by atoms with Gasteiger partial charge in [-0.05, 0) is 154 Å². The van der Waals surface area contributed by atoms with Gasteiger partial charge in [0, 0.05) is 39.6 Å². The number of hydrogen-bond acceptors (Lipinski definition) is 3. The van der Waals surface area contributed by atoms with Gasteiger partial charge in [-0.2, -0.15) is 0 Å². The minimum atomic E-state index is 1.08. The van der Waals surface area contributed by atoms with Gasteiger partial charge < -0.3 is 0 Å². The van der Waals surface area contributed by atoms with Gasteiger partial charge in [-0.25, -0.2) is 4.98 Å². The third-order valence-electron chi connectivity index (χ3n) is 12.2. The van der Waals surface area contributed by atoms with Crippen molar-refractivity contribution in [3.05, 3.63) is 219 Å². The second-order valence-corrected chi connectivity index (χ2v) is 16.8. The van der Waals surface area contributed by atoms with E-state index in [2.05, 4.69) is 198 Å². The number of rotatable bonds is 6. The first-order valence-electron chi connectivity index (χ1n) is 20.7. The van der Waals surface area contributed by atoms with E-state index in [1.807, 2.05) is 30.7 Å². The molecule has 0 saturated heterocycles. The molecule has 0 aliphatic heterocycles. The lowest BCUT2D eigenvalue weighted by Crippen LogP contribution is -1.89. The van der Waals surface area contributed by atoms with Gasteiger partial charge in [-0.1, -0.05) is 140 Å². The van der Waals surface area contributed by atoms with Gasteiger partial charge in [0.1, 0.15) is 4.83 Å². The van der Waals surface area contributed by atoms with Crippen LogP contribution in [-0.2, 0) is 0 Å². The minimum Gasteiger partial charge on any atom is -0.264 e. The summed E-state index contributed by atoms with van der Waals surface area (Å²) in [5, 5.41) is 10.1. The Morgan fingerprint density at radius 3 is 1.34 bits per heavy atom. The van der Waals surface area contributed by atoms with Crippen molar-refractivity contribution in [3.63, 3.8) is 0 Å². The Morgan fingerprint density at radius 2 is 0.721 bits per heavy atom. The van der Waals surface area contributed by atoms with Crippen molar-refractivity contribution in [2.45, 2.75) is 0 Å². The summed E-state index contributed by atoms with van der Waals surface area (Å²) in [5.74, 6) is 0. The molecule has 0 N–H and O–H groups in total. The van der Waals surface area contributed by atoms with Crippen LogP contribution in [-0.4, -0.2) is 9.97 Å². The molecule has 3 heteroatoms. The van der Waals surface area contributed by atoms with Crippen LogP contribution >= 0.6 is 11.3 Å². The standard InChI is InChI=1S/C58H36N2S/c1-2-20-51-49(18-1)50-19-3-4-21-52(50)56-35-42(25-26-53(51)56)46-32-45(33-47(34-46)44-17-9-27-59-36-44)41-15-6-13-39(30-41)37-11-5-12-38(29-37)40-14-7-16-43(31-40)48-22-8-23-54-55-24-10-28-60-58(55)61-57(48)54/h1-36H. The van der Waals surface area contributed by atoms with E-state index in [9.17, 15) is 0 Å². The zero-order valence-electron chi connectivity index (χ0n) is 33.1. The molecule has 2 nitrogen and oxygen atoms in total. The number of pyridine rings is 2. The van der Waals surface area contributed by atoms with Crippen LogP contribution in [0.5, 0.6) is 0 Å². The molecule has 284 valence electrons. The minimum absolute atomic E-state index is 1.08. The number of thiophene rings is 1. The van der Waals surface area contributed by atoms with Gasteiger partial charge in [0.25, 0.3) is 0 Å². The maximum Gasteiger partial charge on any atom is 0.124 e. The lowest BCUT2D eigenvalue weighted by atomic mass is 9.89. The average molecular weight is 793 g/mol. The molecule has 0 spiro atoms. The highest BCUT2D eigenvalue weighted by atomic mass is 32.1. The van der Waals surface area contributed by atoms with E-state index in [-0.39, 0.29) is 0 Å². The molecular formula is C58H36N2S. The quantitative estimate of drug-likeness (QED) is 0.157. The maximum atomic E-state index is 4.66. The van der Waals surface area contributed by atoms with Gasteiger partial charge >= 0.3 is 0 Å². The van der Waals surface area contributed by atoms with Gasteiger partial charge in [0.15, 0.2) is 0 Å². The molecule has 0 fully saturated rings. The molecule has 0 saturated carbocycles. The summed E-state index contributed by atoms with van der Waals surface area (Å²) in [5.41, 5.74) is 14.1. The Kier molecular flexibility index (Phi) is 8.39. The summed E-state index contributed by atoms with van der Waals surface area (Å²) in [6, 6.07) is 73.3. The molecule has 12 rings (SSSR count). The summed E-state index contributed by atoms with van der Waals surface area (Å²) in [7, 11) is 0. The highest BCUT2D eigenvalue weighted by molar-refractivity contribution is 7.26. The molecule has 12 aromatic rings. The van der Waals surface area contributed by atoms with Crippen molar-refractivity contribution in [1.82, 2.24) is 9.97 Å². The zero-order chi connectivity index (χ0) is 40.3. The summed E-state index contributed by atoms with van der Waals surface area (Å²) < 4.78 is 1.28. The molecule has 0 radical (unpaired) electrons. The molecule has 0 atom stereocenters. The fourth-order valence-electron chi connectivity index (χ4n) is 9.23. The third-order valence-corrected chi connectivity index (χ3v) is 13.3. The Hall–Kier alpha value is -7.72. The summed E-state index contributed by atoms with van der Waals surface area (Å²) in [4.78, 5) is 10.2. The van der Waals surface area contributed by atoms with E-state index < -0.39 is 0 Å². The molecular weight excluding hydrogens is 757 g/mol. The zero-order valence-corrected chi connectivity index (χ0v) is 33.9. The second kappa shape index (κ2) is 14.5. The van der Waals surface area contributed by atoms with E-state index in [1.54, 1.807) is 11.3 Å². The average Bonchev–Trinajstić information content (AvgIpc) is 3.73. The van der Waals surface area contributed by atoms with E-state index in [0.29, 0.717) is 0 Å². The molecule has 3 aromatic heterocycles. The summed E-state index contributed by atoms with van der Waals surface area (Å²) >= 11 is 1.77. The first-order chi connectivity index (χ1) is 30.2. The molecule has 61 heavy (non-hydrogen) atoms. The van der Waals surface area contributed by atoms with E-state index in [0.717, 1.165) is 21.5 Å². The fraction of sp³-hybridized carbons (Fsp3) is 0. The number of hydrogen-bond donors (Lipinski definition) is 0. The van der Waals surface area contributed by atoms with Gasteiger partial charge in [-0.15, -0.1) is 11.3 Å². The largest absolute Gasteiger partial charge is 0.264 e. The molecule has 0 aliphatic carbocycles. The maximum absolute atomic E-state index is 4.66. The number of fused-ring (bicyclic) bond motifs is 9. The van der Waals surface area contributed by atoms with Crippen molar-refractivity contribution in [2.75, 3.05) is 0 Å². The predicted octanol–water partition coefficient (Wildman–Crippen LogP) is 16.3. The molecule has 9 aromatic carbocycles. The monoisotopic (exact) mass is 792 g/mol. The van der Waals surface area contributed by atoms with E-state index in [4.69, 9.17) is 0 Å². The first-order valence-corrected chi connectivity index (χ1v) is 21.5. The Bertz CT molecular complexity index is 3620. The SMILES string of the molecule is c1cncc(-c2cc(-c3cccc(-c4cccc(-c5cccc(-c6cccc7c6sc6ncccc67)c5)c4)c3)cc(-c3ccc4c5ccccc5c5ccccc5c4c3)c2)c1. The Labute approximate surface area is 357 Å². The first kappa shape index (κ1) is 35.2. The van der Waals surface area contributed by atoms with Crippen LogP contribution in [0.1, 0.15) is 0 Å². The molecule has 3 heterocycles. The van der Waals surface area contributed by atoms with E-state index >= 15 is 0 Å². The lowest BCUT2D eigenvalue weighted by molar-refractivity contribution is 1.33. The Balaban J connectivity index is 0.942. The van der Waals surface area contributed by atoms with Gasteiger partial charge in [0.05, 0.1) is 0 Å². The van der Waals surface area contributed by atoms with Crippen LogP contribution in [0.25, 0.3) is 119 Å². The third kappa shape index (κ3) is 6.18. The fourth-order valence-corrected chi connectivity index (χ4v) is 10.4. The predicted molar refractivity (Wildman–Crippen MR) is 260 cm³/mol. The van der Waals surface area contributed by atoms with Gasteiger partial charge in [-0.3, -0.25) is 4.98 Å². The highest BCUT2D eigenvalue weighted by Gasteiger charge is 2.15. The normalized spacial score (nSPS) is 11.6. The van der Waals surface area contributed by atoms with Crippen LogP contribution in [0.15, 0.2) is 219 Å². The summed E-state index contributed by atoms with van der Waals surface area (Å²) in [6.45, 7) is 0. The van der Waals surface area contributed by atoms with E-state index in [1.165, 1.54) is 97.9 Å². The smallest absolute Gasteiger partial charge is 0.124 e. The number of benzene rings is 9. The van der Waals surface area contributed by atoms with Crippen LogP contribution in [0.4, 0.5) is 0 Å². The van der Waals surface area contributed by atoms with Crippen LogP contribution < -0.4 is 0 Å². The van der Waals surface area contributed by atoms with Crippen molar-refractivity contribution in [1.29, 1.82) is 0 Å². The van der Waals surface area contributed by atoms with Crippen molar-refractivity contribution in [2.24, 2.45) is 0 Å². The topological polar surface area (TPSA) is 25.8 Å². The highest BCUT2D eigenvalue weighted by Crippen LogP contribution is 2.42. The summed E-state index contributed by atoms with van der Waals surface area (Å²) in [6.07, 6.45) is 5.68.